The summed E-state index contributed by atoms with van der Waals surface area (Å²) in [7, 11) is -3.74. The van der Waals surface area contributed by atoms with Gasteiger partial charge in [0, 0.05) is 19.7 Å². The molecular weight excluding hydrogens is 260 g/mol. The molecule has 0 bridgehead atoms. The minimum Gasteiger partial charge on any atom is -0.480 e. The molecule has 0 aromatic rings. The van der Waals surface area contributed by atoms with E-state index in [2.05, 4.69) is 4.72 Å². The van der Waals surface area contributed by atoms with Crippen molar-refractivity contribution < 1.29 is 23.4 Å². The lowest BCUT2D eigenvalue weighted by Gasteiger charge is -2.31. The highest BCUT2D eigenvalue weighted by Crippen LogP contribution is 2.19. The van der Waals surface area contributed by atoms with E-state index >= 15 is 0 Å². The van der Waals surface area contributed by atoms with Crippen molar-refractivity contribution in [1.29, 1.82) is 0 Å². The molecule has 1 heterocycles. The number of nitrogens with one attached hydrogen (secondary N) is 1. The zero-order valence-corrected chi connectivity index (χ0v) is 11.0. The summed E-state index contributed by atoms with van der Waals surface area (Å²) < 4.78 is 27.3. The highest BCUT2D eigenvalue weighted by molar-refractivity contribution is 7.87. The van der Waals surface area contributed by atoms with Crippen molar-refractivity contribution in [2.75, 3.05) is 19.7 Å². The van der Waals surface area contributed by atoms with Crippen molar-refractivity contribution in [2.45, 2.75) is 38.1 Å². The van der Waals surface area contributed by atoms with Crippen molar-refractivity contribution >= 4 is 16.2 Å². The third kappa shape index (κ3) is 4.20. The molecule has 0 spiro atoms. The van der Waals surface area contributed by atoms with Crippen LogP contribution < -0.4 is 4.72 Å². The van der Waals surface area contributed by atoms with Gasteiger partial charge in [0.25, 0.3) is 10.2 Å². The van der Waals surface area contributed by atoms with Gasteiger partial charge in [-0.1, -0.05) is 0 Å². The molecular formula is C10H20N2O5S. The van der Waals surface area contributed by atoms with Gasteiger partial charge in [-0.15, -0.1) is 0 Å². The molecule has 1 unspecified atom stereocenters. The number of aliphatic hydroxyl groups excluding tert-OH is 1. The van der Waals surface area contributed by atoms with Crippen LogP contribution in [0.25, 0.3) is 0 Å². The van der Waals surface area contributed by atoms with Gasteiger partial charge in [-0.3, -0.25) is 4.79 Å². The Balaban J connectivity index is 2.60. The maximum absolute atomic E-state index is 12.0. The Bertz CT molecular complexity index is 370. The van der Waals surface area contributed by atoms with Crippen LogP contribution in [0.4, 0.5) is 0 Å². The van der Waals surface area contributed by atoms with Crippen LogP contribution >= 0.6 is 0 Å². The number of carbonyl (C=O) groups is 1. The molecule has 1 fully saturated rings. The van der Waals surface area contributed by atoms with Crippen LogP contribution in [-0.4, -0.2) is 54.6 Å². The maximum Gasteiger partial charge on any atom is 0.322 e. The quantitative estimate of drug-likeness (QED) is 0.547. The van der Waals surface area contributed by atoms with Gasteiger partial charge < -0.3 is 10.2 Å². The Morgan fingerprint density at radius 3 is 2.67 bits per heavy atom. The fourth-order valence-electron chi connectivity index (χ4n) is 1.96. The zero-order chi connectivity index (χ0) is 13.6. The Kier molecular flexibility index (Phi) is 6.00. The molecule has 1 saturated heterocycles. The molecule has 0 radical (unpaired) electrons. The van der Waals surface area contributed by atoms with Crippen molar-refractivity contribution in [2.24, 2.45) is 0 Å². The van der Waals surface area contributed by atoms with E-state index in [1.807, 2.05) is 0 Å². The average Bonchev–Trinajstić information content (AvgIpc) is 2.35. The van der Waals surface area contributed by atoms with Gasteiger partial charge in [-0.05, 0) is 32.1 Å². The van der Waals surface area contributed by atoms with Crippen LogP contribution in [0.15, 0.2) is 0 Å². The van der Waals surface area contributed by atoms with Crippen molar-refractivity contribution in [3.05, 3.63) is 0 Å². The molecule has 0 saturated carbocycles. The molecule has 106 valence electrons. The van der Waals surface area contributed by atoms with Crippen LogP contribution in [0.5, 0.6) is 0 Å². The average molecular weight is 280 g/mol. The number of hydrogen-bond acceptors (Lipinski definition) is 4. The van der Waals surface area contributed by atoms with E-state index in [4.69, 9.17) is 10.2 Å². The predicted octanol–water partition coefficient (Wildman–Crippen LogP) is -0.468. The first kappa shape index (κ1) is 15.4. The monoisotopic (exact) mass is 280 g/mol. The van der Waals surface area contributed by atoms with E-state index < -0.39 is 22.2 Å². The fourth-order valence-corrected chi connectivity index (χ4v) is 3.43. The van der Waals surface area contributed by atoms with Gasteiger partial charge in [0.05, 0.1) is 0 Å². The number of aliphatic carboxylic acids is 1. The van der Waals surface area contributed by atoms with E-state index in [-0.39, 0.29) is 19.7 Å². The molecule has 0 amide bonds. The summed E-state index contributed by atoms with van der Waals surface area (Å²) in [5, 5.41) is 17.6. The Labute approximate surface area is 107 Å². The normalized spacial score (nSPS) is 21.9. The number of rotatable bonds is 7. The van der Waals surface area contributed by atoms with Gasteiger partial charge in [0.1, 0.15) is 6.04 Å². The van der Waals surface area contributed by atoms with Crippen LogP contribution in [0.3, 0.4) is 0 Å². The minimum atomic E-state index is -3.74. The summed E-state index contributed by atoms with van der Waals surface area (Å²) in [4.78, 5) is 11.0. The first-order valence-electron chi connectivity index (χ1n) is 6.09. The largest absolute Gasteiger partial charge is 0.480 e. The second-order valence-corrected chi connectivity index (χ2v) is 6.00. The van der Waals surface area contributed by atoms with E-state index in [1.54, 1.807) is 0 Å². The topological polar surface area (TPSA) is 107 Å². The smallest absolute Gasteiger partial charge is 0.322 e. The minimum absolute atomic E-state index is 0.0171. The third-order valence-corrected chi connectivity index (χ3v) is 4.54. The van der Waals surface area contributed by atoms with Gasteiger partial charge in [-0.25, -0.2) is 4.72 Å². The molecule has 1 aliphatic heterocycles. The first-order chi connectivity index (χ1) is 8.49. The summed E-state index contributed by atoms with van der Waals surface area (Å²) >= 11 is 0. The maximum atomic E-state index is 12.0. The van der Waals surface area contributed by atoms with E-state index in [0.717, 1.165) is 10.7 Å². The van der Waals surface area contributed by atoms with Crippen LogP contribution in [0.2, 0.25) is 0 Å². The fraction of sp³-hybridized carbons (Fsp3) is 0.900. The summed E-state index contributed by atoms with van der Waals surface area (Å²) in [6.45, 7) is 0.473. The Hall–Kier alpha value is -0.700. The number of carboxylic acids is 1. The van der Waals surface area contributed by atoms with Crippen LogP contribution in [-0.2, 0) is 15.0 Å². The summed E-state index contributed by atoms with van der Waals surface area (Å²) in [6.07, 6.45) is 2.81. The number of hydrogen-bond donors (Lipinski definition) is 3. The van der Waals surface area contributed by atoms with Crippen LogP contribution in [0.1, 0.15) is 32.1 Å². The van der Waals surface area contributed by atoms with Crippen molar-refractivity contribution in [1.82, 2.24) is 9.03 Å². The van der Waals surface area contributed by atoms with E-state index in [9.17, 15) is 13.2 Å². The lowest BCUT2D eigenvalue weighted by molar-refractivity contribution is -0.142. The number of piperidine rings is 1. The standard InChI is InChI=1S/C10H20N2O5S/c13-8-4-2-6-11-18(16,17)12-7-3-1-5-9(12)10(14)15/h9,11,13H,1-8H2,(H,14,15). The predicted molar refractivity (Wildman–Crippen MR) is 65.2 cm³/mol. The number of aliphatic hydroxyl groups is 1. The van der Waals surface area contributed by atoms with Gasteiger partial charge in [0.2, 0.25) is 0 Å². The Morgan fingerprint density at radius 1 is 1.33 bits per heavy atom. The van der Waals surface area contributed by atoms with Crippen molar-refractivity contribution in [3.8, 4) is 0 Å². The highest BCUT2D eigenvalue weighted by atomic mass is 32.2. The molecule has 0 aliphatic carbocycles. The van der Waals surface area contributed by atoms with Gasteiger partial charge in [-0.2, -0.15) is 12.7 Å². The number of unbranched alkanes of at least 4 members (excludes halogenated alkanes) is 1. The zero-order valence-electron chi connectivity index (χ0n) is 10.2. The molecule has 7 nitrogen and oxygen atoms in total. The Morgan fingerprint density at radius 2 is 2.06 bits per heavy atom. The third-order valence-electron chi connectivity index (χ3n) is 2.92. The first-order valence-corrected chi connectivity index (χ1v) is 7.53. The lowest BCUT2D eigenvalue weighted by Crippen LogP contribution is -2.52. The molecule has 3 N–H and O–H groups in total. The summed E-state index contributed by atoms with van der Waals surface area (Å²) in [6, 6.07) is -0.964. The second-order valence-electron chi connectivity index (χ2n) is 4.29. The SMILES string of the molecule is O=C(O)C1CCCCN1S(=O)(=O)NCCCCO. The molecule has 0 aromatic carbocycles. The summed E-state index contributed by atoms with van der Waals surface area (Å²) in [5.41, 5.74) is 0. The van der Waals surface area contributed by atoms with Crippen molar-refractivity contribution in [3.63, 3.8) is 0 Å². The molecule has 8 heteroatoms. The molecule has 1 atom stereocenters. The number of nitrogens with zero attached hydrogens (tertiary/aromatic N) is 1. The molecule has 0 aromatic heterocycles. The van der Waals surface area contributed by atoms with Crippen LogP contribution in [0, 0.1) is 0 Å². The van der Waals surface area contributed by atoms with Gasteiger partial charge in [0.15, 0.2) is 0 Å². The molecule has 1 aliphatic rings. The highest BCUT2D eigenvalue weighted by Gasteiger charge is 2.36. The molecule has 18 heavy (non-hydrogen) atoms. The van der Waals surface area contributed by atoms with E-state index in [1.165, 1.54) is 0 Å². The lowest BCUT2D eigenvalue weighted by atomic mass is 10.1. The second kappa shape index (κ2) is 7.03. The van der Waals surface area contributed by atoms with Gasteiger partial charge >= 0.3 is 5.97 Å². The summed E-state index contributed by atoms with van der Waals surface area (Å²) in [5.74, 6) is -1.10. The van der Waals surface area contributed by atoms with E-state index in [0.29, 0.717) is 25.7 Å². The number of carboxylic acid groups (broad SMARTS) is 1. The molecule has 1 rings (SSSR count).